The van der Waals surface area contributed by atoms with Gasteiger partial charge in [-0.1, -0.05) is 17.3 Å². The third-order valence-corrected chi connectivity index (χ3v) is 4.67. The molecule has 0 unspecified atom stereocenters. The summed E-state index contributed by atoms with van der Waals surface area (Å²) in [4.78, 5) is 16.6. The molecule has 7 heteroatoms. The second kappa shape index (κ2) is 6.75. The lowest BCUT2D eigenvalue weighted by Crippen LogP contribution is -2.22. The number of rotatable bonds is 5. The summed E-state index contributed by atoms with van der Waals surface area (Å²) in [6, 6.07) is 10.1. The van der Waals surface area contributed by atoms with Crippen molar-refractivity contribution in [3.63, 3.8) is 0 Å². The van der Waals surface area contributed by atoms with E-state index in [0.29, 0.717) is 17.3 Å². The van der Waals surface area contributed by atoms with E-state index in [1.807, 2.05) is 23.9 Å². The van der Waals surface area contributed by atoms with Crippen LogP contribution in [0.5, 0.6) is 0 Å². The van der Waals surface area contributed by atoms with E-state index in [1.165, 1.54) is 10.9 Å². The van der Waals surface area contributed by atoms with Gasteiger partial charge in [-0.15, -0.1) is 0 Å². The molecule has 4 rings (SSSR count). The molecule has 0 atom stereocenters. The van der Waals surface area contributed by atoms with Crippen LogP contribution in [0.3, 0.4) is 0 Å². The van der Waals surface area contributed by atoms with Crippen molar-refractivity contribution in [2.75, 3.05) is 0 Å². The van der Waals surface area contributed by atoms with E-state index in [0.717, 1.165) is 17.8 Å². The average molecular weight is 363 g/mol. The number of carbonyl (C=O) groups excluding carboxylic acids is 1. The zero-order valence-corrected chi connectivity index (χ0v) is 15.6. The van der Waals surface area contributed by atoms with Crippen molar-refractivity contribution in [2.24, 2.45) is 7.05 Å². The summed E-state index contributed by atoms with van der Waals surface area (Å²) < 4.78 is 9.33. The predicted molar refractivity (Wildman–Crippen MR) is 102 cm³/mol. The van der Waals surface area contributed by atoms with Crippen molar-refractivity contribution in [3.05, 3.63) is 59.7 Å². The number of benzene rings is 1. The van der Waals surface area contributed by atoms with Gasteiger partial charge in [-0.3, -0.25) is 4.79 Å². The monoisotopic (exact) mass is 363 g/mol. The van der Waals surface area contributed by atoms with E-state index in [9.17, 15) is 4.79 Å². The highest BCUT2D eigenvalue weighted by molar-refractivity contribution is 5.94. The van der Waals surface area contributed by atoms with E-state index < -0.39 is 0 Å². The summed E-state index contributed by atoms with van der Waals surface area (Å²) in [6.45, 7) is 5.17. The Morgan fingerprint density at radius 3 is 2.89 bits per heavy atom. The number of hydrogen-bond acceptors (Lipinski definition) is 4. The fourth-order valence-corrected chi connectivity index (χ4v) is 3.28. The Hall–Kier alpha value is -3.35. The first-order chi connectivity index (χ1) is 13.1. The van der Waals surface area contributed by atoms with E-state index in [-0.39, 0.29) is 12.5 Å². The standard InChI is InChI=1S/C20H21N5O2/c1-4-25-16-7-5-6-13(2)15(16)10-17(25)19-22-18(27-23-19)11-21-20(26)14-8-9-24(3)12-14/h5-10,12H,4,11H2,1-3H3,(H,21,26). The largest absolute Gasteiger partial charge is 0.356 e. The van der Waals surface area contributed by atoms with Crippen molar-refractivity contribution in [3.8, 4) is 11.5 Å². The molecule has 138 valence electrons. The molecule has 0 spiro atoms. The van der Waals surface area contributed by atoms with E-state index >= 15 is 0 Å². The number of nitrogens with zero attached hydrogens (tertiary/aromatic N) is 4. The van der Waals surface area contributed by atoms with Gasteiger partial charge in [-0.05, 0) is 37.6 Å². The fourth-order valence-electron chi connectivity index (χ4n) is 3.28. The van der Waals surface area contributed by atoms with E-state index in [4.69, 9.17) is 4.52 Å². The molecule has 27 heavy (non-hydrogen) atoms. The average Bonchev–Trinajstić information content (AvgIpc) is 3.37. The van der Waals surface area contributed by atoms with Crippen LogP contribution in [0, 0.1) is 6.92 Å². The molecule has 0 aliphatic carbocycles. The molecule has 0 saturated carbocycles. The molecular weight excluding hydrogens is 342 g/mol. The van der Waals surface area contributed by atoms with E-state index in [1.54, 1.807) is 12.3 Å². The van der Waals surface area contributed by atoms with Gasteiger partial charge in [0, 0.05) is 36.9 Å². The minimum absolute atomic E-state index is 0.173. The van der Waals surface area contributed by atoms with Gasteiger partial charge >= 0.3 is 0 Å². The molecule has 0 fully saturated rings. The van der Waals surface area contributed by atoms with Gasteiger partial charge in [0.1, 0.15) is 0 Å². The number of amides is 1. The lowest BCUT2D eigenvalue weighted by atomic mass is 10.1. The van der Waals surface area contributed by atoms with Crippen molar-refractivity contribution in [1.29, 1.82) is 0 Å². The molecule has 3 aromatic heterocycles. The van der Waals surface area contributed by atoms with Crippen LogP contribution in [0.15, 0.2) is 47.2 Å². The first-order valence-electron chi connectivity index (χ1n) is 8.88. The Bertz CT molecular complexity index is 1120. The first-order valence-corrected chi connectivity index (χ1v) is 8.88. The van der Waals surface area contributed by atoms with Crippen LogP contribution in [0.25, 0.3) is 22.4 Å². The van der Waals surface area contributed by atoms with Crippen LogP contribution in [0.4, 0.5) is 0 Å². The lowest BCUT2D eigenvalue weighted by molar-refractivity contribution is 0.0946. The first kappa shape index (κ1) is 17.1. The normalized spacial score (nSPS) is 11.2. The zero-order valence-electron chi connectivity index (χ0n) is 15.6. The van der Waals surface area contributed by atoms with Crippen LogP contribution in [-0.2, 0) is 20.1 Å². The van der Waals surface area contributed by atoms with Gasteiger partial charge in [-0.25, -0.2) is 0 Å². The molecule has 0 radical (unpaired) electrons. The minimum Gasteiger partial charge on any atom is -0.356 e. The molecule has 0 bridgehead atoms. The predicted octanol–water partition coefficient (Wildman–Crippen LogP) is 3.29. The van der Waals surface area contributed by atoms with Gasteiger partial charge in [0.25, 0.3) is 5.91 Å². The third-order valence-electron chi connectivity index (χ3n) is 4.67. The Morgan fingerprint density at radius 2 is 2.15 bits per heavy atom. The van der Waals surface area contributed by atoms with Crippen molar-refractivity contribution >= 4 is 16.8 Å². The highest BCUT2D eigenvalue weighted by atomic mass is 16.5. The third kappa shape index (κ3) is 3.12. The minimum atomic E-state index is -0.173. The molecule has 1 N–H and O–H groups in total. The summed E-state index contributed by atoms with van der Waals surface area (Å²) >= 11 is 0. The topological polar surface area (TPSA) is 77.9 Å². The van der Waals surface area contributed by atoms with Crippen molar-refractivity contribution in [1.82, 2.24) is 24.6 Å². The molecule has 0 aliphatic rings. The Balaban J connectivity index is 1.57. The van der Waals surface area contributed by atoms with E-state index in [2.05, 4.69) is 52.1 Å². The molecule has 3 heterocycles. The Kier molecular flexibility index (Phi) is 4.27. The molecule has 1 amide bonds. The highest BCUT2D eigenvalue weighted by Gasteiger charge is 2.17. The maximum Gasteiger partial charge on any atom is 0.253 e. The SMILES string of the molecule is CCn1c(-c2noc(CNC(=O)c3ccn(C)c3)n2)cc2c(C)cccc21. The summed E-state index contributed by atoms with van der Waals surface area (Å²) in [5.74, 6) is 0.726. The summed E-state index contributed by atoms with van der Waals surface area (Å²) in [6.07, 6.45) is 3.59. The number of nitrogens with one attached hydrogen (secondary N) is 1. The number of fused-ring (bicyclic) bond motifs is 1. The fraction of sp³-hybridized carbons (Fsp3) is 0.250. The Labute approximate surface area is 156 Å². The second-order valence-electron chi connectivity index (χ2n) is 6.54. The summed E-state index contributed by atoms with van der Waals surface area (Å²) in [7, 11) is 1.87. The highest BCUT2D eigenvalue weighted by Crippen LogP contribution is 2.28. The van der Waals surface area contributed by atoms with Gasteiger partial charge in [0.05, 0.1) is 17.8 Å². The van der Waals surface area contributed by atoms with Gasteiger partial charge < -0.3 is 19.0 Å². The molecule has 4 aromatic rings. The quantitative estimate of drug-likeness (QED) is 0.590. The maximum atomic E-state index is 12.1. The smallest absolute Gasteiger partial charge is 0.253 e. The van der Waals surface area contributed by atoms with Crippen LogP contribution < -0.4 is 5.32 Å². The van der Waals surface area contributed by atoms with Gasteiger partial charge in [-0.2, -0.15) is 4.98 Å². The van der Waals surface area contributed by atoms with Crippen molar-refractivity contribution in [2.45, 2.75) is 26.9 Å². The molecule has 0 saturated heterocycles. The summed E-state index contributed by atoms with van der Waals surface area (Å²) in [5.41, 5.74) is 3.86. The molecule has 1 aromatic carbocycles. The van der Waals surface area contributed by atoms with Crippen molar-refractivity contribution < 1.29 is 9.32 Å². The second-order valence-corrected chi connectivity index (χ2v) is 6.54. The zero-order chi connectivity index (χ0) is 19.0. The van der Waals surface area contributed by atoms with Gasteiger partial charge in [0.15, 0.2) is 0 Å². The molecule has 7 nitrogen and oxygen atoms in total. The van der Waals surface area contributed by atoms with Crippen LogP contribution >= 0.6 is 0 Å². The summed E-state index contributed by atoms with van der Waals surface area (Å²) in [5, 5.41) is 8.09. The molecular formula is C20H21N5O2. The van der Waals surface area contributed by atoms with Crippen LogP contribution in [0.1, 0.15) is 28.7 Å². The number of aryl methyl sites for hydroxylation is 3. The number of hydrogen-bond donors (Lipinski definition) is 1. The lowest BCUT2D eigenvalue weighted by Gasteiger charge is -2.04. The molecule has 0 aliphatic heterocycles. The maximum absolute atomic E-state index is 12.1. The van der Waals surface area contributed by atoms with Crippen LogP contribution in [-0.4, -0.2) is 25.2 Å². The number of aromatic nitrogens is 4. The van der Waals surface area contributed by atoms with Crippen LogP contribution in [0.2, 0.25) is 0 Å². The Morgan fingerprint density at radius 1 is 1.30 bits per heavy atom. The van der Waals surface area contributed by atoms with Gasteiger partial charge in [0.2, 0.25) is 11.7 Å². The number of carbonyl (C=O) groups is 1.